The van der Waals surface area contributed by atoms with Crippen molar-refractivity contribution in [2.75, 3.05) is 10.6 Å². The lowest BCUT2D eigenvalue weighted by Crippen LogP contribution is -2.22. The Morgan fingerprint density at radius 1 is 1.42 bits per heavy atom. The highest BCUT2D eigenvalue weighted by Gasteiger charge is 2.12. The quantitative estimate of drug-likeness (QED) is 0.787. The SMILES string of the molecule is Cn1ncc(CN)c1NC(=O)Nc1ccccc1F. The first-order chi connectivity index (χ1) is 9.11. The first-order valence-electron chi connectivity index (χ1n) is 5.65. The molecular weight excluding hydrogens is 249 g/mol. The molecule has 2 aromatic rings. The summed E-state index contributed by atoms with van der Waals surface area (Å²) in [5, 5.41) is 8.99. The van der Waals surface area contributed by atoms with E-state index < -0.39 is 11.8 Å². The zero-order chi connectivity index (χ0) is 13.8. The molecule has 6 nitrogen and oxygen atoms in total. The number of hydrogen-bond acceptors (Lipinski definition) is 3. The van der Waals surface area contributed by atoms with Gasteiger partial charge < -0.3 is 11.1 Å². The number of nitrogens with one attached hydrogen (secondary N) is 2. The summed E-state index contributed by atoms with van der Waals surface area (Å²) in [7, 11) is 1.68. The smallest absolute Gasteiger partial charge is 0.324 e. The summed E-state index contributed by atoms with van der Waals surface area (Å²) < 4.78 is 14.9. The average Bonchev–Trinajstić information content (AvgIpc) is 2.73. The van der Waals surface area contributed by atoms with Crippen molar-refractivity contribution in [2.45, 2.75) is 6.54 Å². The zero-order valence-electron chi connectivity index (χ0n) is 10.4. The van der Waals surface area contributed by atoms with Crippen LogP contribution in [0, 0.1) is 5.82 Å². The van der Waals surface area contributed by atoms with Crippen molar-refractivity contribution >= 4 is 17.5 Å². The van der Waals surface area contributed by atoms with Crippen molar-refractivity contribution in [3.63, 3.8) is 0 Å². The molecule has 0 atom stereocenters. The molecule has 1 aromatic heterocycles. The van der Waals surface area contributed by atoms with Crippen LogP contribution in [0.2, 0.25) is 0 Å². The number of carbonyl (C=O) groups is 1. The maximum atomic E-state index is 13.4. The summed E-state index contributed by atoms with van der Waals surface area (Å²) in [6, 6.07) is 5.37. The Hall–Kier alpha value is -2.41. The van der Waals surface area contributed by atoms with Crippen molar-refractivity contribution in [1.82, 2.24) is 9.78 Å². The molecule has 100 valence electrons. The number of benzene rings is 1. The number of urea groups is 1. The molecule has 1 aromatic carbocycles. The topological polar surface area (TPSA) is 85.0 Å². The molecule has 0 bridgehead atoms. The Morgan fingerprint density at radius 3 is 2.84 bits per heavy atom. The number of aromatic nitrogens is 2. The predicted octanol–water partition coefficient (Wildman–Crippen LogP) is 1.66. The van der Waals surface area contributed by atoms with Crippen molar-refractivity contribution in [1.29, 1.82) is 0 Å². The van der Waals surface area contributed by atoms with Gasteiger partial charge in [-0.05, 0) is 12.1 Å². The van der Waals surface area contributed by atoms with Crippen LogP contribution in [0.5, 0.6) is 0 Å². The van der Waals surface area contributed by atoms with E-state index in [4.69, 9.17) is 5.73 Å². The molecule has 0 saturated heterocycles. The molecule has 0 fully saturated rings. The molecule has 2 rings (SSSR count). The maximum Gasteiger partial charge on any atom is 0.324 e. The third-order valence-electron chi connectivity index (χ3n) is 2.59. The number of aryl methyl sites for hydroxylation is 1. The zero-order valence-corrected chi connectivity index (χ0v) is 10.4. The molecule has 19 heavy (non-hydrogen) atoms. The van der Waals surface area contributed by atoms with Crippen LogP contribution < -0.4 is 16.4 Å². The molecule has 0 aliphatic heterocycles. The molecule has 4 N–H and O–H groups in total. The number of nitrogens with zero attached hydrogens (tertiary/aromatic N) is 2. The number of halogens is 1. The highest BCUT2D eigenvalue weighted by Crippen LogP contribution is 2.15. The number of hydrogen-bond donors (Lipinski definition) is 3. The molecule has 0 aliphatic carbocycles. The van der Waals surface area contributed by atoms with Crippen molar-refractivity contribution in [3.8, 4) is 0 Å². The fourth-order valence-electron chi connectivity index (χ4n) is 1.62. The highest BCUT2D eigenvalue weighted by atomic mass is 19.1. The highest BCUT2D eigenvalue weighted by molar-refractivity contribution is 5.99. The second-order valence-electron chi connectivity index (χ2n) is 3.91. The van der Waals surface area contributed by atoms with Gasteiger partial charge >= 0.3 is 6.03 Å². The van der Waals surface area contributed by atoms with Crippen LogP contribution in [-0.4, -0.2) is 15.8 Å². The predicted molar refractivity (Wildman–Crippen MR) is 70.1 cm³/mol. The molecule has 0 radical (unpaired) electrons. The van der Waals surface area contributed by atoms with Crippen LogP contribution in [-0.2, 0) is 13.6 Å². The van der Waals surface area contributed by atoms with Crippen LogP contribution in [0.1, 0.15) is 5.56 Å². The molecule has 1 heterocycles. The minimum Gasteiger partial charge on any atom is -0.326 e. The molecule has 0 spiro atoms. The van der Waals surface area contributed by atoms with Gasteiger partial charge in [0.15, 0.2) is 0 Å². The van der Waals surface area contributed by atoms with Gasteiger partial charge in [0.25, 0.3) is 0 Å². The number of carbonyl (C=O) groups excluding carboxylic acids is 1. The molecular formula is C12H14FN5O. The van der Waals surface area contributed by atoms with Gasteiger partial charge in [-0.25, -0.2) is 9.18 Å². The van der Waals surface area contributed by atoms with Gasteiger partial charge in [0.05, 0.1) is 11.9 Å². The first-order valence-corrected chi connectivity index (χ1v) is 5.65. The fourth-order valence-corrected chi connectivity index (χ4v) is 1.62. The standard InChI is InChI=1S/C12H14FN5O/c1-18-11(8(6-14)7-15-18)17-12(19)16-10-5-3-2-4-9(10)13/h2-5,7H,6,14H2,1H3,(H2,16,17,19). The van der Waals surface area contributed by atoms with Crippen LogP contribution in [0.4, 0.5) is 20.7 Å². The van der Waals surface area contributed by atoms with E-state index in [0.717, 1.165) is 0 Å². The van der Waals surface area contributed by atoms with E-state index in [0.29, 0.717) is 11.4 Å². The van der Waals surface area contributed by atoms with E-state index in [9.17, 15) is 9.18 Å². The lowest BCUT2D eigenvalue weighted by atomic mass is 10.3. The summed E-state index contributed by atoms with van der Waals surface area (Å²) in [6.45, 7) is 0.253. The van der Waals surface area contributed by atoms with E-state index in [1.165, 1.54) is 16.8 Å². The normalized spacial score (nSPS) is 10.3. The second kappa shape index (κ2) is 5.49. The fraction of sp³-hybridized carbons (Fsp3) is 0.167. The summed E-state index contributed by atoms with van der Waals surface area (Å²) >= 11 is 0. The van der Waals surface area contributed by atoms with Gasteiger partial charge in [-0.2, -0.15) is 5.10 Å². The van der Waals surface area contributed by atoms with Gasteiger partial charge in [-0.1, -0.05) is 12.1 Å². The van der Waals surface area contributed by atoms with Crippen LogP contribution in [0.25, 0.3) is 0 Å². The monoisotopic (exact) mass is 263 g/mol. The summed E-state index contributed by atoms with van der Waals surface area (Å²) in [6.07, 6.45) is 1.57. The molecule has 2 amide bonds. The summed E-state index contributed by atoms with van der Waals surface area (Å²) in [5.74, 6) is -0.0157. The maximum absolute atomic E-state index is 13.4. The lowest BCUT2D eigenvalue weighted by molar-refractivity contribution is 0.262. The minimum atomic E-state index is -0.552. The Kier molecular flexibility index (Phi) is 3.76. The van der Waals surface area contributed by atoms with E-state index in [2.05, 4.69) is 15.7 Å². The first kappa shape index (κ1) is 13.0. The van der Waals surface area contributed by atoms with Crippen molar-refractivity contribution in [2.24, 2.45) is 12.8 Å². The Bertz CT molecular complexity index is 596. The van der Waals surface area contributed by atoms with Gasteiger partial charge in [-0.3, -0.25) is 10.00 Å². The van der Waals surface area contributed by atoms with Crippen LogP contribution in [0.15, 0.2) is 30.5 Å². The Labute approximate surface area is 109 Å². The van der Waals surface area contributed by atoms with Crippen molar-refractivity contribution in [3.05, 3.63) is 41.8 Å². The van der Waals surface area contributed by atoms with Gasteiger partial charge in [0.2, 0.25) is 0 Å². The van der Waals surface area contributed by atoms with Crippen LogP contribution >= 0.6 is 0 Å². The number of para-hydroxylation sites is 1. The second-order valence-corrected chi connectivity index (χ2v) is 3.91. The molecule has 7 heteroatoms. The summed E-state index contributed by atoms with van der Waals surface area (Å²) in [5.41, 5.74) is 6.34. The largest absolute Gasteiger partial charge is 0.326 e. The van der Waals surface area contributed by atoms with E-state index in [1.54, 1.807) is 25.4 Å². The van der Waals surface area contributed by atoms with Gasteiger partial charge in [0.1, 0.15) is 11.6 Å². The summed E-state index contributed by atoms with van der Waals surface area (Å²) in [4.78, 5) is 11.8. The number of amides is 2. The van der Waals surface area contributed by atoms with Crippen LogP contribution in [0.3, 0.4) is 0 Å². The van der Waals surface area contributed by atoms with E-state index >= 15 is 0 Å². The molecule has 0 unspecified atom stereocenters. The third-order valence-corrected chi connectivity index (χ3v) is 2.59. The van der Waals surface area contributed by atoms with Crippen molar-refractivity contribution < 1.29 is 9.18 Å². The van der Waals surface area contributed by atoms with E-state index in [-0.39, 0.29) is 12.2 Å². The number of anilines is 2. The molecule has 0 saturated carbocycles. The minimum absolute atomic E-state index is 0.108. The lowest BCUT2D eigenvalue weighted by Gasteiger charge is -2.09. The van der Waals surface area contributed by atoms with Gasteiger partial charge in [-0.15, -0.1) is 0 Å². The number of nitrogens with two attached hydrogens (primary N) is 1. The van der Waals surface area contributed by atoms with Gasteiger partial charge in [0, 0.05) is 19.2 Å². The average molecular weight is 263 g/mol. The van der Waals surface area contributed by atoms with E-state index in [1.807, 2.05) is 0 Å². The Morgan fingerprint density at radius 2 is 2.16 bits per heavy atom. The molecule has 0 aliphatic rings. The number of rotatable bonds is 3. The Balaban J connectivity index is 2.10. The third kappa shape index (κ3) is 2.89.